The SMILES string of the molecule is NC1=C(C(=O)NC2CCCC(=O)NC2=O)C=CCC=C1. The number of rotatable bonds is 2. The van der Waals surface area contributed by atoms with Gasteiger partial charge in [0.15, 0.2) is 0 Å². The molecule has 0 saturated carbocycles. The second-order valence-electron chi connectivity index (χ2n) is 4.74. The highest BCUT2D eigenvalue weighted by Crippen LogP contribution is 2.11. The molecular formula is C14H17N3O3. The quantitative estimate of drug-likeness (QED) is 0.619. The fraction of sp³-hybridized carbons (Fsp3) is 0.357. The van der Waals surface area contributed by atoms with Gasteiger partial charge in [0.2, 0.25) is 11.8 Å². The first-order chi connectivity index (χ1) is 9.58. The van der Waals surface area contributed by atoms with Crippen molar-refractivity contribution in [2.24, 2.45) is 5.73 Å². The molecule has 0 aromatic carbocycles. The van der Waals surface area contributed by atoms with Crippen LogP contribution >= 0.6 is 0 Å². The molecular weight excluding hydrogens is 258 g/mol. The molecule has 0 spiro atoms. The van der Waals surface area contributed by atoms with Crippen molar-refractivity contribution in [3.8, 4) is 0 Å². The molecule has 1 unspecified atom stereocenters. The van der Waals surface area contributed by atoms with E-state index in [9.17, 15) is 14.4 Å². The van der Waals surface area contributed by atoms with E-state index in [0.717, 1.165) is 0 Å². The number of hydrogen-bond donors (Lipinski definition) is 3. The van der Waals surface area contributed by atoms with Crippen LogP contribution in [0.4, 0.5) is 0 Å². The molecule has 20 heavy (non-hydrogen) atoms. The fourth-order valence-corrected chi connectivity index (χ4v) is 2.11. The van der Waals surface area contributed by atoms with Gasteiger partial charge >= 0.3 is 0 Å². The average Bonchev–Trinajstić information content (AvgIpc) is 2.69. The van der Waals surface area contributed by atoms with Crippen LogP contribution in [0.2, 0.25) is 0 Å². The van der Waals surface area contributed by atoms with Crippen molar-refractivity contribution in [2.45, 2.75) is 31.7 Å². The van der Waals surface area contributed by atoms with Gasteiger partial charge < -0.3 is 11.1 Å². The van der Waals surface area contributed by atoms with Crippen molar-refractivity contribution < 1.29 is 14.4 Å². The van der Waals surface area contributed by atoms with Crippen molar-refractivity contribution in [1.29, 1.82) is 0 Å². The maximum atomic E-state index is 12.2. The fourth-order valence-electron chi connectivity index (χ4n) is 2.11. The van der Waals surface area contributed by atoms with Crippen molar-refractivity contribution >= 4 is 17.7 Å². The van der Waals surface area contributed by atoms with Gasteiger partial charge in [0.05, 0.1) is 5.57 Å². The summed E-state index contributed by atoms with van der Waals surface area (Å²) in [7, 11) is 0. The summed E-state index contributed by atoms with van der Waals surface area (Å²) in [6.45, 7) is 0. The molecule has 1 aliphatic carbocycles. The zero-order valence-corrected chi connectivity index (χ0v) is 11.0. The number of hydrogen-bond acceptors (Lipinski definition) is 4. The van der Waals surface area contributed by atoms with Crippen LogP contribution in [0.5, 0.6) is 0 Å². The molecule has 1 aliphatic heterocycles. The van der Waals surface area contributed by atoms with E-state index in [2.05, 4.69) is 10.6 Å². The van der Waals surface area contributed by atoms with Crippen LogP contribution in [0.1, 0.15) is 25.7 Å². The van der Waals surface area contributed by atoms with E-state index in [0.29, 0.717) is 37.0 Å². The van der Waals surface area contributed by atoms with Gasteiger partial charge in [-0.15, -0.1) is 0 Å². The normalized spacial score (nSPS) is 23.1. The minimum atomic E-state index is -0.699. The van der Waals surface area contributed by atoms with Crippen molar-refractivity contribution in [3.05, 3.63) is 35.6 Å². The Morgan fingerprint density at radius 1 is 1.30 bits per heavy atom. The topological polar surface area (TPSA) is 101 Å². The molecule has 3 amide bonds. The first kappa shape index (κ1) is 14.0. The predicted molar refractivity (Wildman–Crippen MR) is 73.0 cm³/mol. The molecule has 4 N–H and O–H groups in total. The van der Waals surface area contributed by atoms with Gasteiger partial charge in [-0.25, -0.2) is 0 Å². The standard InChI is InChI=1S/C14H17N3O3/c15-10-6-3-1-2-5-9(10)13(19)16-11-7-4-8-12(18)17-14(11)20/h2-3,5-6,11H,1,4,7-8,15H2,(H,16,19)(H,17,18,20). The average molecular weight is 275 g/mol. The first-order valence-corrected chi connectivity index (χ1v) is 6.55. The molecule has 1 saturated heterocycles. The number of imide groups is 1. The Morgan fingerprint density at radius 3 is 2.85 bits per heavy atom. The van der Waals surface area contributed by atoms with Gasteiger partial charge in [-0.3, -0.25) is 19.7 Å². The highest BCUT2D eigenvalue weighted by atomic mass is 16.2. The van der Waals surface area contributed by atoms with Gasteiger partial charge in [0, 0.05) is 12.1 Å². The van der Waals surface area contributed by atoms with E-state index in [1.54, 1.807) is 12.2 Å². The smallest absolute Gasteiger partial charge is 0.254 e. The van der Waals surface area contributed by atoms with Gasteiger partial charge in [-0.05, 0) is 25.3 Å². The largest absolute Gasteiger partial charge is 0.398 e. The Balaban J connectivity index is 2.09. The molecule has 6 nitrogen and oxygen atoms in total. The Bertz CT molecular complexity index is 532. The minimum Gasteiger partial charge on any atom is -0.398 e. The summed E-state index contributed by atoms with van der Waals surface area (Å²) in [6.07, 6.45) is 8.99. The molecule has 2 aliphatic rings. The maximum Gasteiger partial charge on any atom is 0.254 e. The van der Waals surface area contributed by atoms with Crippen LogP contribution in [0.3, 0.4) is 0 Å². The third-order valence-corrected chi connectivity index (χ3v) is 3.19. The number of nitrogens with one attached hydrogen (secondary N) is 2. The summed E-state index contributed by atoms with van der Waals surface area (Å²) in [4.78, 5) is 35.2. The Labute approximate surface area is 116 Å². The number of allylic oxidation sites excluding steroid dienone is 3. The van der Waals surface area contributed by atoms with Crippen LogP contribution < -0.4 is 16.4 Å². The molecule has 1 atom stereocenters. The highest BCUT2D eigenvalue weighted by Gasteiger charge is 2.26. The minimum absolute atomic E-state index is 0.297. The van der Waals surface area contributed by atoms with Crippen molar-refractivity contribution in [3.63, 3.8) is 0 Å². The zero-order valence-electron chi connectivity index (χ0n) is 11.0. The summed E-state index contributed by atoms with van der Waals surface area (Å²) < 4.78 is 0. The first-order valence-electron chi connectivity index (χ1n) is 6.55. The maximum absolute atomic E-state index is 12.2. The molecule has 1 fully saturated rings. The second kappa shape index (κ2) is 6.18. The molecule has 0 aromatic rings. The van der Waals surface area contributed by atoms with Crippen LogP contribution in [0.15, 0.2) is 35.6 Å². The lowest BCUT2D eigenvalue weighted by Crippen LogP contribution is -2.47. The molecule has 6 heteroatoms. The lowest BCUT2D eigenvalue weighted by Gasteiger charge is -2.15. The Morgan fingerprint density at radius 2 is 2.05 bits per heavy atom. The van der Waals surface area contributed by atoms with E-state index in [-0.39, 0.29) is 5.91 Å². The Kier molecular flexibility index (Phi) is 4.34. The molecule has 0 aromatic heterocycles. The third kappa shape index (κ3) is 3.34. The van der Waals surface area contributed by atoms with E-state index >= 15 is 0 Å². The summed E-state index contributed by atoms with van der Waals surface area (Å²) in [5.74, 6) is -1.17. The van der Waals surface area contributed by atoms with Crippen LogP contribution in [-0.2, 0) is 14.4 Å². The van der Waals surface area contributed by atoms with Crippen LogP contribution in [0.25, 0.3) is 0 Å². The van der Waals surface area contributed by atoms with Crippen LogP contribution in [0, 0.1) is 0 Å². The van der Waals surface area contributed by atoms with E-state index in [4.69, 9.17) is 5.73 Å². The van der Waals surface area contributed by atoms with Crippen LogP contribution in [-0.4, -0.2) is 23.8 Å². The number of carbonyl (C=O) groups is 3. The van der Waals surface area contributed by atoms with Gasteiger partial charge in [0.25, 0.3) is 5.91 Å². The highest BCUT2D eigenvalue weighted by molar-refractivity contribution is 6.03. The number of carbonyl (C=O) groups excluding carboxylic acids is 3. The summed E-state index contributed by atoms with van der Waals surface area (Å²) in [5.41, 5.74) is 6.50. The van der Waals surface area contributed by atoms with Crippen molar-refractivity contribution in [1.82, 2.24) is 10.6 Å². The summed E-state index contributed by atoms with van der Waals surface area (Å²) in [6, 6.07) is -0.699. The molecule has 2 rings (SSSR count). The third-order valence-electron chi connectivity index (χ3n) is 3.19. The van der Waals surface area contributed by atoms with Gasteiger partial charge in [-0.2, -0.15) is 0 Å². The molecule has 0 bridgehead atoms. The molecule has 0 radical (unpaired) electrons. The zero-order chi connectivity index (χ0) is 14.5. The van der Waals surface area contributed by atoms with Gasteiger partial charge in [-0.1, -0.05) is 18.2 Å². The molecule has 106 valence electrons. The summed E-state index contributed by atoms with van der Waals surface area (Å²) in [5, 5.41) is 4.88. The summed E-state index contributed by atoms with van der Waals surface area (Å²) >= 11 is 0. The predicted octanol–water partition coefficient (Wildman–Crippen LogP) is 0.0268. The monoisotopic (exact) mass is 275 g/mol. The lowest BCUT2D eigenvalue weighted by atomic mass is 10.1. The van der Waals surface area contributed by atoms with Crippen molar-refractivity contribution in [2.75, 3.05) is 0 Å². The van der Waals surface area contributed by atoms with E-state index in [1.807, 2.05) is 12.2 Å². The Hall–Kier alpha value is -2.37. The van der Waals surface area contributed by atoms with E-state index in [1.165, 1.54) is 0 Å². The molecule has 1 heterocycles. The second-order valence-corrected chi connectivity index (χ2v) is 4.74. The lowest BCUT2D eigenvalue weighted by molar-refractivity contribution is -0.132. The van der Waals surface area contributed by atoms with E-state index < -0.39 is 17.9 Å². The number of nitrogens with two attached hydrogens (primary N) is 1. The number of amides is 3. The van der Waals surface area contributed by atoms with Gasteiger partial charge in [0.1, 0.15) is 6.04 Å².